The van der Waals surface area contributed by atoms with Gasteiger partial charge < -0.3 is 24.3 Å². The van der Waals surface area contributed by atoms with Crippen LogP contribution in [0.2, 0.25) is 0 Å². The molecule has 2 rings (SSSR count). The summed E-state index contributed by atoms with van der Waals surface area (Å²) >= 11 is 0. The van der Waals surface area contributed by atoms with E-state index in [2.05, 4.69) is 10.6 Å². The predicted octanol–water partition coefficient (Wildman–Crippen LogP) is 2.66. The first-order valence-corrected chi connectivity index (χ1v) is 7.84. The minimum atomic E-state index is -1.09. The number of hydrogen-bond acceptors (Lipinski definition) is 4. The molecule has 0 spiro atoms. The van der Waals surface area contributed by atoms with Gasteiger partial charge in [0.2, 0.25) is 0 Å². The third-order valence-electron chi connectivity index (χ3n) is 3.47. The fourth-order valence-corrected chi connectivity index (χ4v) is 2.31. The van der Waals surface area contributed by atoms with Gasteiger partial charge >= 0.3 is 12.1 Å². The molecule has 0 radical (unpaired) electrons. The molecule has 0 aliphatic carbocycles. The van der Waals surface area contributed by atoms with Crippen LogP contribution in [0.15, 0.2) is 24.4 Å². The van der Waals surface area contributed by atoms with Crippen LogP contribution in [0.5, 0.6) is 0 Å². The number of carbonyl (C=O) groups is 3. The molecule has 140 valence electrons. The number of aromatic carboxylic acids is 1. The molecule has 0 bridgehead atoms. The van der Waals surface area contributed by atoms with Gasteiger partial charge in [-0.3, -0.25) is 10.1 Å². The molecule has 0 aliphatic heterocycles. The average molecular weight is 362 g/mol. The maximum Gasteiger partial charge on any atom is 0.413 e. The van der Waals surface area contributed by atoms with E-state index in [0.717, 1.165) is 0 Å². The summed E-state index contributed by atoms with van der Waals surface area (Å²) < 4.78 is 8.08. The van der Waals surface area contributed by atoms with E-state index in [1.807, 2.05) is 0 Å². The van der Waals surface area contributed by atoms with Crippen LogP contribution in [0.25, 0.3) is 0 Å². The van der Waals surface area contributed by atoms with Crippen LogP contribution in [0, 0.1) is 0 Å². The third kappa shape index (κ3) is 4.44. The lowest BCUT2D eigenvalue weighted by atomic mass is 10.2. The second-order valence-electron chi connectivity index (χ2n) is 6.77. The molecular weight excluding hydrogens is 340 g/mol. The van der Waals surface area contributed by atoms with Crippen molar-refractivity contribution in [3.05, 3.63) is 35.8 Å². The van der Waals surface area contributed by atoms with Crippen LogP contribution >= 0.6 is 0 Å². The van der Waals surface area contributed by atoms with Crippen LogP contribution in [-0.4, -0.2) is 37.8 Å². The summed E-state index contributed by atoms with van der Waals surface area (Å²) in [4.78, 5) is 35.3. The second-order valence-corrected chi connectivity index (χ2v) is 6.77. The first-order chi connectivity index (χ1) is 12.0. The molecular formula is C17H22N4O5. The lowest BCUT2D eigenvalue weighted by molar-refractivity contribution is 0.0632. The Morgan fingerprint density at radius 3 is 2.27 bits per heavy atom. The zero-order chi connectivity index (χ0) is 19.6. The van der Waals surface area contributed by atoms with E-state index in [4.69, 9.17) is 9.84 Å². The van der Waals surface area contributed by atoms with Gasteiger partial charge in [-0.2, -0.15) is 0 Å². The Balaban J connectivity index is 2.11. The van der Waals surface area contributed by atoms with Gasteiger partial charge in [0.1, 0.15) is 22.8 Å². The topological polar surface area (TPSA) is 115 Å². The van der Waals surface area contributed by atoms with Gasteiger partial charge in [0, 0.05) is 20.3 Å². The fourth-order valence-electron chi connectivity index (χ4n) is 2.31. The number of rotatable bonds is 4. The van der Waals surface area contributed by atoms with Crippen LogP contribution in [0.4, 0.5) is 16.3 Å². The number of nitrogens with zero attached hydrogens (tertiary/aromatic N) is 2. The summed E-state index contributed by atoms with van der Waals surface area (Å²) in [5, 5.41) is 14.3. The molecule has 3 N–H and O–H groups in total. The minimum Gasteiger partial charge on any atom is -0.477 e. The zero-order valence-electron chi connectivity index (χ0n) is 15.3. The standard InChI is InChI=1S/C17H22N4O5/c1-17(2,3)26-16(25)19-13-7-6-11(21(13)5)14(22)18-10-8-12(15(23)24)20(4)9-10/h6-9H,1-5H3,(H,18,22)(H,19,25)(H,23,24). The van der Waals surface area contributed by atoms with E-state index in [-0.39, 0.29) is 11.4 Å². The first-order valence-electron chi connectivity index (χ1n) is 7.84. The summed E-state index contributed by atoms with van der Waals surface area (Å²) in [5.74, 6) is -1.13. The van der Waals surface area contributed by atoms with Crippen molar-refractivity contribution in [3.8, 4) is 0 Å². The predicted molar refractivity (Wildman–Crippen MR) is 95.6 cm³/mol. The summed E-state index contributed by atoms with van der Waals surface area (Å²) in [7, 11) is 3.19. The normalized spacial score (nSPS) is 11.1. The molecule has 0 fully saturated rings. The molecule has 9 heteroatoms. The molecule has 0 aliphatic rings. The number of aryl methyl sites for hydroxylation is 1. The summed E-state index contributed by atoms with van der Waals surface area (Å²) in [6.45, 7) is 5.26. The van der Waals surface area contributed by atoms with Gasteiger partial charge in [0.05, 0.1) is 5.69 Å². The van der Waals surface area contributed by atoms with E-state index in [9.17, 15) is 14.4 Å². The molecule has 0 saturated heterocycles. The lowest BCUT2D eigenvalue weighted by Gasteiger charge is -2.19. The van der Waals surface area contributed by atoms with Crippen molar-refractivity contribution in [2.45, 2.75) is 26.4 Å². The fraction of sp³-hybridized carbons (Fsp3) is 0.353. The third-order valence-corrected chi connectivity index (χ3v) is 3.47. The number of carbonyl (C=O) groups excluding carboxylic acids is 2. The molecule has 0 atom stereocenters. The highest BCUT2D eigenvalue weighted by molar-refractivity contribution is 6.04. The number of hydrogen-bond donors (Lipinski definition) is 3. The van der Waals surface area contributed by atoms with Gasteiger partial charge in [-0.05, 0) is 39.0 Å². The van der Waals surface area contributed by atoms with Crippen LogP contribution in [0.1, 0.15) is 41.7 Å². The molecule has 9 nitrogen and oxygen atoms in total. The van der Waals surface area contributed by atoms with Gasteiger partial charge in [0.15, 0.2) is 0 Å². The van der Waals surface area contributed by atoms with Crippen molar-refractivity contribution >= 4 is 29.5 Å². The molecule has 0 saturated carbocycles. The SMILES string of the molecule is Cn1cc(NC(=O)c2ccc(NC(=O)OC(C)(C)C)n2C)cc1C(=O)O. The Kier molecular flexibility index (Phi) is 5.10. The highest BCUT2D eigenvalue weighted by Crippen LogP contribution is 2.18. The van der Waals surface area contributed by atoms with E-state index in [1.54, 1.807) is 47.0 Å². The molecule has 0 aromatic carbocycles. The molecule has 2 aromatic heterocycles. The van der Waals surface area contributed by atoms with Gasteiger partial charge in [-0.25, -0.2) is 9.59 Å². The molecule has 0 unspecified atom stereocenters. The Hall–Kier alpha value is -3.23. The van der Waals surface area contributed by atoms with E-state index >= 15 is 0 Å². The van der Waals surface area contributed by atoms with Crippen molar-refractivity contribution in [3.63, 3.8) is 0 Å². The maximum absolute atomic E-state index is 12.4. The lowest BCUT2D eigenvalue weighted by Crippen LogP contribution is -2.28. The molecule has 26 heavy (non-hydrogen) atoms. The van der Waals surface area contributed by atoms with Crippen molar-refractivity contribution in [2.24, 2.45) is 14.1 Å². The largest absolute Gasteiger partial charge is 0.477 e. The highest BCUT2D eigenvalue weighted by atomic mass is 16.6. The Morgan fingerprint density at radius 2 is 1.73 bits per heavy atom. The summed E-state index contributed by atoms with van der Waals surface area (Å²) in [5.41, 5.74) is 0.0685. The maximum atomic E-state index is 12.4. The summed E-state index contributed by atoms with van der Waals surface area (Å²) in [6.07, 6.45) is 0.879. The van der Waals surface area contributed by atoms with E-state index in [1.165, 1.54) is 21.4 Å². The number of carboxylic acids is 1. The van der Waals surface area contributed by atoms with E-state index < -0.39 is 23.6 Å². The first kappa shape index (κ1) is 19.1. The zero-order valence-corrected chi connectivity index (χ0v) is 15.3. The Labute approximate surface area is 150 Å². The Morgan fingerprint density at radius 1 is 1.08 bits per heavy atom. The van der Waals surface area contributed by atoms with Crippen molar-refractivity contribution < 1.29 is 24.2 Å². The van der Waals surface area contributed by atoms with Gasteiger partial charge in [-0.15, -0.1) is 0 Å². The molecule has 2 aromatic rings. The number of nitrogens with one attached hydrogen (secondary N) is 2. The number of amides is 2. The van der Waals surface area contributed by atoms with Gasteiger partial charge in [-0.1, -0.05) is 0 Å². The number of carboxylic acid groups (broad SMARTS) is 1. The van der Waals surface area contributed by atoms with Crippen molar-refractivity contribution in [1.29, 1.82) is 0 Å². The highest BCUT2D eigenvalue weighted by Gasteiger charge is 2.19. The smallest absolute Gasteiger partial charge is 0.413 e. The average Bonchev–Trinajstić information content (AvgIpc) is 3.01. The summed E-state index contributed by atoms with van der Waals surface area (Å²) in [6, 6.07) is 4.48. The molecule has 2 amide bonds. The molecule has 2 heterocycles. The van der Waals surface area contributed by atoms with Crippen LogP contribution < -0.4 is 10.6 Å². The quantitative estimate of drug-likeness (QED) is 0.773. The minimum absolute atomic E-state index is 0.0551. The number of anilines is 2. The van der Waals surface area contributed by atoms with Crippen LogP contribution in [0.3, 0.4) is 0 Å². The van der Waals surface area contributed by atoms with Crippen molar-refractivity contribution in [1.82, 2.24) is 9.13 Å². The van der Waals surface area contributed by atoms with Crippen molar-refractivity contribution in [2.75, 3.05) is 10.6 Å². The Bertz CT molecular complexity index is 857. The number of aromatic nitrogens is 2. The number of ether oxygens (including phenoxy) is 1. The van der Waals surface area contributed by atoms with E-state index in [0.29, 0.717) is 11.5 Å². The van der Waals surface area contributed by atoms with Crippen LogP contribution in [-0.2, 0) is 18.8 Å². The monoisotopic (exact) mass is 362 g/mol. The second kappa shape index (κ2) is 6.95. The van der Waals surface area contributed by atoms with Gasteiger partial charge in [0.25, 0.3) is 5.91 Å².